The van der Waals surface area contributed by atoms with Crippen LogP contribution in [0.15, 0.2) is 46.9 Å². The summed E-state index contributed by atoms with van der Waals surface area (Å²) in [6.07, 6.45) is 0. The van der Waals surface area contributed by atoms with Crippen molar-refractivity contribution in [3.63, 3.8) is 0 Å². The number of aromatic nitrogens is 4. The van der Waals surface area contributed by atoms with E-state index < -0.39 is 0 Å². The van der Waals surface area contributed by atoms with E-state index in [1.54, 1.807) is 0 Å². The van der Waals surface area contributed by atoms with E-state index in [1.807, 2.05) is 49.4 Å². The molecular formula is C14H12BrN5. The van der Waals surface area contributed by atoms with Gasteiger partial charge in [0.05, 0.1) is 0 Å². The van der Waals surface area contributed by atoms with Crippen molar-refractivity contribution in [2.24, 2.45) is 0 Å². The minimum absolute atomic E-state index is 0.590. The topological polar surface area (TPSA) is 69.6 Å². The zero-order valence-electron chi connectivity index (χ0n) is 10.8. The molecule has 0 amide bonds. The molecule has 0 aliphatic heterocycles. The van der Waals surface area contributed by atoms with Gasteiger partial charge in [0, 0.05) is 15.7 Å². The lowest BCUT2D eigenvalue weighted by molar-refractivity contribution is 0.717. The van der Waals surface area contributed by atoms with Gasteiger partial charge in [0.15, 0.2) is 0 Å². The zero-order valence-corrected chi connectivity index (χ0v) is 12.4. The number of tetrazole rings is 1. The molecule has 6 heteroatoms. The molecule has 3 rings (SSSR count). The minimum atomic E-state index is 0.590. The number of nitrogens with zero attached hydrogens (tertiary/aromatic N) is 4. The van der Waals surface area contributed by atoms with Crippen LogP contribution in [-0.4, -0.2) is 20.2 Å². The van der Waals surface area contributed by atoms with Crippen LogP contribution in [0.25, 0.3) is 17.1 Å². The molecule has 100 valence electrons. The van der Waals surface area contributed by atoms with Crippen LogP contribution >= 0.6 is 15.9 Å². The lowest BCUT2D eigenvalue weighted by Gasteiger charge is -2.06. The van der Waals surface area contributed by atoms with Gasteiger partial charge in [-0.05, 0) is 45.8 Å². The maximum Gasteiger partial charge on any atom is 0.205 e. The summed E-state index contributed by atoms with van der Waals surface area (Å²) in [7, 11) is 0. The van der Waals surface area contributed by atoms with Crippen LogP contribution < -0.4 is 5.73 Å². The predicted octanol–water partition coefficient (Wildman–Crippen LogP) is 2.98. The minimum Gasteiger partial charge on any atom is -0.398 e. The first-order valence-electron chi connectivity index (χ1n) is 6.06. The summed E-state index contributed by atoms with van der Waals surface area (Å²) in [5, 5.41) is 12.6. The van der Waals surface area contributed by atoms with Crippen LogP contribution in [0, 0.1) is 6.92 Å². The second-order valence-corrected chi connectivity index (χ2v) is 5.28. The molecule has 5 nitrogen and oxygen atoms in total. The van der Waals surface area contributed by atoms with E-state index in [-0.39, 0.29) is 0 Å². The monoisotopic (exact) mass is 329 g/mol. The van der Waals surface area contributed by atoms with Gasteiger partial charge in [-0.3, -0.25) is 0 Å². The molecule has 1 aromatic heterocycles. The number of nitrogens with two attached hydrogens (primary N) is 1. The molecule has 0 spiro atoms. The highest BCUT2D eigenvalue weighted by Crippen LogP contribution is 2.26. The Kier molecular flexibility index (Phi) is 3.23. The third kappa shape index (κ3) is 2.30. The van der Waals surface area contributed by atoms with Gasteiger partial charge in [0.2, 0.25) is 5.82 Å². The molecule has 0 saturated heterocycles. The molecular weight excluding hydrogens is 318 g/mol. The fourth-order valence-electron chi connectivity index (χ4n) is 1.85. The van der Waals surface area contributed by atoms with E-state index in [9.17, 15) is 0 Å². The van der Waals surface area contributed by atoms with Gasteiger partial charge in [-0.15, -0.1) is 15.0 Å². The number of hydrogen-bond donors (Lipinski definition) is 1. The Morgan fingerprint density at radius 1 is 1.15 bits per heavy atom. The Balaban J connectivity index is 2.05. The van der Waals surface area contributed by atoms with Crippen LogP contribution in [0.3, 0.4) is 0 Å². The van der Waals surface area contributed by atoms with E-state index in [4.69, 9.17) is 5.73 Å². The lowest BCUT2D eigenvalue weighted by atomic mass is 10.2. The second kappa shape index (κ2) is 5.05. The molecule has 0 unspecified atom stereocenters. The van der Waals surface area contributed by atoms with Gasteiger partial charge in [0.1, 0.15) is 5.69 Å². The van der Waals surface area contributed by atoms with Crippen molar-refractivity contribution in [3.05, 3.63) is 52.5 Å². The summed E-state index contributed by atoms with van der Waals surface area (Å²) in [6, 6.07) is 13.5. The SMILES string of the molecule is Cc1cc(-n2nnc(-c3ccccc3)n2)c(Br)cc1N. The number of halogens is 1. The summed E-state index contributed by atoms with van der Waals surface area (Å²) >= 11 is 3.47. The molecule has 0 atom stereocenters. The van der Waals surface area contributed by atoms with Crippen molar-refractivity contribution < 1.29 is 0 Å². The number of aryl methyl sites for hydroxylation is 1. The van der Waals surface area contributed by atoms with Crippen molar-refractivity contribution in [3.8, 4) is 17.1 Å². The molecule has 0 saturated carbocycles. The standard InChI is InChI=1S/C14H12BrN5/c1-9-7-13(11(15)8-12(9)16)20-18-14(17-19-20)10-5-3-2-4-6-10/h2-8H,16H2,1H3. The number of hydrogen-bond acceptors (Lipinski definition) is 4. The largest absolute Gasteiger partial charge is 0.398 e. The van der Waals surface area contributed by atoms with Crippen molar-refractivity contribution in [1.82, 2.24) is 20.2 Å². The highest BCUT2D eigenvalue weighted by Gasteiger charge is 2.11. The third-order valence-electron chi connectivity index (χ3n) is 3.00. The molecule has 3 aromatic rings. The van der Waals surface area contributed by atoms with Gasteiger partial charge >= 0.3 is 0 Å². The molecule has 2 aromatic carbocycles. The summed E-state index contributed by atoms with van der Waals surface area (Å²) in [5.41, 5.74) is 9.31. The molecule has 0 radical (unpaired) electrons. The lowest BCUT2D eigenvalue weighted by Crippen LogP contribution is -2.02. The van der Waals surface area contributed by atoms with Gasteiger partial charge in [-0.1, -0.05) is 30.3 Å². The fourth-order valence-corrected chi connectivity index (χ4v) is 2.37. The first kappa shape index (κ1) is 12.8. The average Bonchev–Trinajstić information content (AvgIpc) is 2.93. The maximum absolute atomic E-state index is 5.87. The van der Waals surface area contributed by atoms with Crippen molar-refractivity contribution in [2.45, 2.75) is 6.92 Å². The smallest absolute Gasteiger partial charge is 0.205 e. The second-order valence-electron chi connectivity index (χ2n) is 4.43. The molecule has 1 heterocycles. The van der Waals surface area contributed by atoms with E-state index in [0.717, 1.165) is 27.0 Å². The molecule has 0 aliphatic carbocycles. The number of benzene rings is 2. The van der Waals surface area contributed by atoms with Crippen molar-refractivity contribution >= 4 is 21.6 Å². The number of nitrogen functional groups attached to an aromatic ring is 1. The van der Waals surface area contributed by atoms with E-state index >= 15 is 0 Å². The highest BCUT2D eigenvalue weighted by molar-refractivity contribution is 9.10. The molecule has 2 N–H and O–H groups in total. The first-order valence-corrected chi connectivity index (χ1v) is 6.86. The number of anilines is 1. The van der Waals surface area contributed by atoms with Gasteiger partial charge in [-0.2, -0.15) is 0 Å². The molecule has 0 bridgehead atoms. The van der Waals surface area contributed by atoms with Crippen LogP contribution in [0.5, 0.6) is 0 Å². The predicted molar refractivity (Wildman–Crippen MR) is 81.4 cm³/mol. The Bertz CT molecular complexity index is 752. The van der Waals surface area contributed by atoms with E-state index in [0.29, 0.717) is 5.82 Å². The highest BCUT2D eigenvalue weighted by atomic mass is 79.9. The van der Waals surface area contributed by atoms with Gasteiger partial charge in [0.25, 0.3) is 0 Å². The first-order chi connectivity index (χ1) is 9.65. The van der Waals surface area contributed by atoms with E-state index in [2.05, 4.69) is 31.3 Å². The van der Waals surface area contributed by atoms with Crippen molar-refractivity contribution in [1.29, 1.82) is 0 Å². The fraction of sp³-hybridized carbons (Fsp3) is 0.0714. The zero-order chi connectivity index (χ0) is 14.1. The Morgan fingerprint density at radius 3 is 2.65 bits per heavy atom. The molecule has 20 heavy (non-hydrogen) atoms. The third-order valence-corrected chi connectivity index (χ3v) is 3.63. The van der Waals surface area contributed by atoms with Crippen LogP contribution in [0.1, 0.15) is 5.56 Å². The molecule has 0 aliphatic rings. The van der Waals surface area contributed by atoms with Crippen LogP contribution in [-0.2, 0) is 0 Å². The summed E-state index contributed by atoms with van der Waals surface area (Å²) in [6.45, 7) is 1.94. The Hall–Kier alpha value is -2.21. The van der Waals surface area contributed by atoms with Crippen molar-refractivity contribution in [2.75, 3.05) is 5.73 Å². The molecule has 0 fully saturated rings. The summed E-state index contributed by atoms with van der Waals surface area (Å²) in [5.74, 6) is 0.590. The van der Waals surface area contributed by atoms with Crippen LogP contribution in [0.2, 0.25) is 0 Å². The van der Waals surface area contributed by atoms with Crippen LogP contribution in [0.4, 0.5) is 5.69 Å². The number of rotatable bonds is 2. The van der Waals surface area contributed by atoms with E-state index in [1.165, 1.54) is 4.80 Å². The maximum atomic E-state index is 5.87. The Labute approximate surface area is 124 Å². The Morgan fingerprint density at radius 2 is 1.90 bits per heavy atom. The van der Waals surface area contributed by atoms with Gasteiger partial charge < -0.3 is 5.73 Å². The summed E-state index contributed by atoms with van der Waals surface area (Å²) < 4.78 is 0.831. The van der Waals surface area contributed by atoms with Gasteiger partial charge in [-0.25, -0.2) is 0 Å². The normalized spacial score (nSPS) is 10.7. The quantitative estimate of drug-likeness (QED) is 0.734. The average molecular weight is 330 g/mol. The summed E-state index contributed by atoms with van der Waals surface area (Å²) in [4.78, 5) is 1.50.